The molecule has 0 atom stereocenters. The number of carbonyl (C=O) groups is 1. The molecule has 0 saturated carbocycles. The molecule has 0 fully saturated rings. The highest BCUT2D eigenvalue weighted by Gasteiger charge is 2.16. The second-order valence-corrected chi connectivity index (χ2v) is 3.99. The molecule has 1 aromatic carbocycles. The average Bonchev–Trinajstić information content (AvgIpc) is 2.85. The van der Waals surface area contributed by atoms with Gasteiger partial charge < -0.3 is 4.42 Å². The molecule has 0 saturated heterocycles. The Balaban J connectivity index is 2.38. The summed E-state index contributed by atoms with van der Waals surface area (Å²) in [4.78, 5) is 21.0. The molecule has 0 radical (unpaired) electrons. The molecule has 5 nitrogen and oxygen atoms in total. The van der Waals surface area contributed by atoms with Crippen molar-refractivity contribution in [2.24, 2.45) is 0 Å². The second kappa shape index (κ2) is 5.49. The van der Waals surface area contributed by atoms with Crippen LogP contribution in [-0.4, -0.2) is 10.2 Å². The van der Waals surface area contributed by atoms with Gasteiger partial charge >= 0.3 is 0 Å². The summed E-state index contributed by atoms with van der Waals surface area (Å²) in [6.45, 7) is 0. The molecule has 0 bridgehead atoms. The van der Waals surface area contributed by atoms with Crippen molar-refractivity contribution in [2.45, 2.75) is 0 Å². The molecule has 0 aliphatic heterocycles. The van der Waals surface area contributed by atoms with Crippen LogP contribution in [0.4, 0.5) is 5.69 Å². The van der Waals surface area contributed by atoms with Crippen LogP contribution in [-0.2, 0) is 4.79 Å². The van der Waals surface area contributed by atoms with Crippen molar-refractivity contribution in [1.29, 1.82) is 0 Å². The number of furan rings is 1. The van der Waals surface area contributed by atoms with E-state index in [-0.39, 0.29) is 5.69 Å². The highest BCUT2D eigenvalue weighted by Crippen LogP contribution is 2.31. The maximum Gasteiger partial charge on any atom is 0.280 e. The highest BCUT2D eigenvalue weighted by molar-refractivity contribution is 6.66. The summed E-state index contributed by atoms with van der Waals surface area (Å²) in [5.41, 5.74) is 0.338. The Morgan fingerprint density at radius 1 is 1.26 bits per heavy atom. The van der Waals surface area contributed by atoms with Crippen molar-refractivity contribution >= 4 is 28.6 Å². The number of allylic oxidation sites excluding steroid dienone is 1. The Morgan fingerprint density at radius 2 is 2.00 bits per heavy atom. The number of nitro benzene ring substituents is 1. The normalized spacial score (nSPS) is 10.8. The largest absolute Gasteiger partial charge is 0.456 e. The molecule has 2 rings (SSSR count). The number of rotatable bonds is 4. The van der Waals surface area contributed by atoms with Gasteiger partial charge in [0.2, 0.25) is 5.24 Å². The van der Waals surface area contributed by atoms with Gasteiger partial charge in [-0.15, -0.1) is 0 Å². The zero-order valence-corrected chi connectivity index (χ0v) is 10.3. The lowest BCUT2D eigenvalue weighted by Gasteiger charge is -1.98. The minimum Gasteiger partial charge on any atom is -0.456 e. The molecule has 19 heavy (non-hydrogen) atoms. The maximum absolute atomic E-state index is 10.9. The van der Waals surface area contributed by atoms with Crippen molar-refractivity contribution < 1.29 is 14.1 Å². The van der Waals surface area contributed by atoms with Crippen LogP contribution in [0.3, 0.4) is 0 Å². The molecule has 1 heterocycles. The molecule has 0 unspecified atom stereocenters. The summed E-state index contributed by atoms with van der Waals surface area (Å²) in [6, 6.07) is 9.45. The van der Waals surface area contributed by atoms with Crippen LogP contribution >= 0.6 is 11.6 Å². The third kappa shape index (κ3) is 3.08. The number of halogens is 1. The zero-order valence-electron chi connectivity index (χ0n) is 9.58. The van der Waals surface area contributed by atoms with Crippen LogP contribution in [0, 0.1) is 10.1 Å². The van der Waals surface area contributed by atoms with Gasteiger partial charge in [-0.05, 0) is 35.9 Å². The lowest BCUT2D eigenvalue weighted by molar-refractivity contribution is -0.384. The summed E-state index contributed by atoms with van der Waals surface area (Å²) >= 11 is 5.16. The molecule has 0 N–H and O–H groups in total. The van der Waals surface area contributed by atoms with Gasteiger partial charge in [-0.1, -0.05) is 12.1 Å². The first kappa shape index (κ1) is 13.0. The van der Waals surface area contributed by atoms with Crippen LogP contribution in [0.1, 0.15) is 5.76 Å². The minimum atomic E-state index is -0.622. The van der Waals surface area contributed by atoms with Gasteiger partial charge in [0.05, 0.1) is 10.5 Å². The maximum atomic E-state index is 10.9. The predicted octanol–water partition coefficient (Wildman–Crippen LogP) is 3.63. The van der Waals surface area contributed by atoms with E-state index >= 15 is 0 Å². The molecule has 0 spiro atoms. The number of hydrogen-bond donors (Lipinski definition) is 0. The summed E-state index contributed by atoms with van der Waals surface area (Å²) in [5.74, 6) is 0.746. The number of benzene rings is 1. The molecule has 0 aliphatic rings. The van der Waals surface area contributed by atoms with E-state index < -0.39 is 10.2 Å². The van der Waals surface area contributed by atoms with Gasteiger partial charge in [-0.2, -0.15) is 0 Å². The second-order valence-electron chi connectivity index (χ2n) is 3.61. The van der Waals surface area contributed by atoms with E-state index in [4.69, 9.17) is 16.0 Å². The summed E-state index contributed by atoms with van der Waals surface area (Å²) in [6.07, 6.45) is 2.54. The Morgan fingerprint density at radius 3 is 2.68 bits per heavy atom. The van der Waals surface area contributed by atoms with E-state index in [2.05, 4.69) is 0 Å². The highest BCUT2D eigenvalue weighted by atomic mass is 35.5. The summed E-state index contributed by atoms with van der Waals surface area (Å²) in [7, 11) is 0. The number of nitrogens with zero attached hydrogens (tertiary/aromatic N) is 1. The zero-order chi connectivity index (χ0) is 13.8. The quantitative estimate of drug-likeness (QED) is 0.370. The van der Waals surface area contributed by atoms with Crippen LogP contribution < -0.4 is 0 Å². The van der Waals surface area contributed by atoms with Gasteiger partial charge in [0.1, 0.15) is 11.5 Å². The van der Waals surface area contributed by atoms with Crippen molar-refractivity contribution in [3.63, 3.8) is 0 Å². The molecule has 96 valence electrons. The molecule has 0 amide bonds. The molecule has 6 heteroatoms. The van der Waals surface area contributed by atoms with E-state index in [9.17, 15) is 14.9 Å². The van der Waals surface area contributed by atoms with E-state index in [1.54, 1.807) is 30.3 Å². The Bertz CT molecular complexity index is 660. The van der Waals surface area contributed by atoms with Gasteiger partial charge in [-0.25, -0.2) is 0 Å². The molecule has 1 aromatic heterocycles. The number of carbonyl (C=O) groups excluding carboxylic acids is 1. The van der Waals surface area contributed by atoms with Crippen molar-refractivity contribution in [3.05, 3.63) is 58.3 Å². The smallest absolute Gasteiger partial charge is 0.280 e. The Labute approximate surface area is 113 Å². The van der Waals surface area contributed by atoms with E-state index in [0.717, 1.165) is 6.08 Å². The first-order valence-corrected chi connectivity index (χ1v) is 5.67. The van der Waals surface area contributed by atoms with E-state index in [1.807, 2.05) is 0 Å². The van der Waals surface area contributed by atoms with Crippen molar-refractivity contribution in [2.75, 3.05) is 0 Å². The summed E-state index contributed by atoms with van der Waals surface area (Å²) in [5, 5.41) is 10.3. The standard InChI is InChI=1S/C13H8ClNO4/c14-13(16)8-6-9-5-7-12(19-9)10-3-1-2-4-11(10)15(17)18/h1-8H/b8-6+. The van der Waals surface area contributed by atoms with Crippen molar-refractivity contribution in [1.82, 2.24) is 0 Å². The van der Waals surface area contributed by atoms with Crippen LogP contribution in [0.2, 0.25) is 0 Å². The van der Waals surface area contributed by atoms with Crippen LogP contribution in [0.25, 0.3) is 17.4 Å². The fourth-order valence-electron chi connectivity index (χ4n) is 1.58. The topological polar surface area (TPSA) is 73.3 Å². The molecular formula is C13H8ClNO4. The first-order valence-electron chi connectivity index (χ1n) is 5.29. The lowest BCUT2D eigenvalue weighted by atomic mass is 10.1. The number of nitro groups is 1. The fourth-order valence-corrected chi connectivity index (χ4v) is 1.64. The van der Waals surface area contributed by atoms with Gasteiger partial charge in [0.25, 0.3) is 5.69 Å². The fraction of sp³-hybridized carbons (Fsp3) is 0. The van der Waals surface area contributed by atoms with Gasteiger partial charge in [0.15, 0.2) is 0 Å². The third-order valence-corrected chi connectivity index (χ3v) is 2.50. The Kier molecular flexibility index (Phi) is 3.77. The molecule has 0 aliphatic carbocycles. The number of hydrogen-bond acceptors (Lipinski definition) is 4. The van der Waals surface area contributed by atoms with Gasteiger partial charge in [-0.3, -0.25) is 14.9 Å². The minimum absolute atomic E-state index is 0.0409. The first-order chi connectivity index (χ1) is 9.08. The SMILES string of the molecule is O=C(Cl)/C=C/c1ccc(-c2ccccc2[N+](=O)[O-])o1. The average molecular weight is 278 g/mol. The summed E-state index contributed by atoms with van der Waals surface area (Å²) < 4.78 is 5.41. The van der Waals surface area contributed by atoms with Gasteiger partial charge in [0, 0.05) is 12.1 Å². The molecule has 2 aromatic rings. The third-order valence-electron chi connectivity index (χ3n) is 2.37. The van der Waals surface area contributed by atoms with Crippen LogP contribution in [0.5, 0.6) is 0 Å². The number of para-hydroxylation sites is 1. The van der Waals surface area contributed by atoms with Crippen LogP contribution in [0.15, 0.2) is 46.9 Å². The lowest BCUT2D eigenvalue weighted by Crippen LogP contribution is -1.90. The van der Waals surface area contributed by atoms with Crippen molar-refractivity contribution in [3.8, 4) is 11.3 Å². The predicted molar refractivity (Wildman–Crippen MR) is 70.7 cm³/mol. The van der Waals surface area contributed by atoms with E-state index in [0.29, 0.717) is 17.1 Å². The molecular weight excluding hydrogens is 270 g/mol. The van der Waals surface area contributed by atoms with E-state index in [1.165, 1.54) is 12.1 Å². The monoisotopic (exact) mass is 277 g/mol. The Hall–Kier alpha value is -2.40.